The van der Waals surface area contributed by atoms with E-state index < -0.39 is 10.0 Å². The zero-order valence-electron chi connectivity index (χ0n) is 18.9. The molecule has 176 valence electrons. The fourth-order valence-corrected chi connectivity index (χ4v) is 6.91. The van der Waals surface area contributed by atoms with Crippen LogP contribution in [0.4, 0.5) is 5.69 Å². The predicted octanol–water partition coefficient (Wildman–Crippen LogP) is 3.35. The molecule has 1 aliphatic carbocycles. The molecule has 1 atom stereocenters. The average Bonchev–Trinajstić information content (AvgIpc) is 2.81. The number of hydrogen-bond donors (Lipinski definition) is 1. The van der Waals surface area contributed by atoms with Crippen molar-refractivity contribution in [1.82, 2.24) is 9.62 Å². The van der Waals surface area contributed by atoms with Crippen molar-refractivity contribution in [1.29, 1.82) is 0 Å². The van der Waals surface area contributed by atoms with Gasteiger partial charge in [-0.1, -0.05) is 38.1 Å². The van der Waals surface area contributed by atoms with Gasteiger partial charge in [0.25, 0.3) is 0 Å². The van der Waals surface area contributed by atoms with Crippen LogP contribution in [-0.4, -0.2) is 49.9 Å². The summed E-state index contributed by atoms with van der Waals surface area (Å²) >= 11 is 1.36. The number of carbonyl (C=O) groups excluding carboxylic acids is 2. The van der Waals surface area contributed by atoms with Crippen LogP contribution in [0.3, 0.4) is 0 Å². The molecule has 2 aromatic rings. The van der Waals surface area contributed by atoms with Crippen LogP contribution in [0, 0.1) is 0 Å². The van der Waals surface area contributed by atoms with Gasteiger partial charge < -0.3 is 10.2 Å². The molecular weight excluding hydrogens is 458 g/mol. The number of benzene rings is 2. The summed E-state index contributed by atoms with van der Waals surface area (Å²) in [5, 5.41) is 3.09. The molecule has 1 aliphatic heterocycles. The van der Waals surface area contributed by atoms with Gasteiger partial charge in [0.15, 0.2) is 0 Å². The maximum absolute atomic E-state index is 13.0. The van der Waals surface area contributed by atoms with Crippen LogP contribution < -0.4 is 10.2 Å². The highest BCUT2D eigenvalue weighted by atomic mass is 32.2. The second kappa shape index (κ2) is 9.87. The summed E-state index contributed by atoms with van der Waals surface area (Å²) in [4.78, 5) is 28.1. The topological polar surface area (TPSA) is 86.8 Å². The number of hydrogen-bond acceptors (Lipinski definition) is 5. The SMILES string of the molecule is CCN(CC)S(=O)(=O)c1ccc2c(c1)N(CC(=O)N[C@H]1CCCc3ccccc31)C(=O)CS2. The van der Waals surface area contributed by atoms with Gasteiger partial charge in [-0.3, -0.25) is 9.59 Å². The minimum atomic E-state index is -3.67. The van der Waals surface area contributed by atoms with Gasteiger partial charge in [-0.15, -0.1) is 11.8 Å². The van der Waals surface area contributed by atoms with Crippen molar-refractivity contribution in [2.24, 2.45) is 0 Å². The Kier molecular flexibility index (Phi) is 7.11. The second-order valence-electron chi connectivity index (χ2n) is 8.20. The van der Waals surface area contributed by atoms with Crippen LogP contribution in [-0.2, 0) is 26.0 Å². The van der Waals surface area contributed by atoms with E-state index >= 15 is 0 Å². The Balaban J connectivity index is 1.57. The fourth-order valence-electron chi connectivity index (χ4n) is 4.52. The number of anilines is 1. The molecule has 0 saturated heterocycles. The summed E-state index contributed by atoms with van der Waals surface area (Å²) in [6, 6.07) is 12.9. The highest BCUT2D eigenvalue weighted by Crippen LogP contribution is 2.37. The lowest BCUT2D eigenvalue weighted by Crippen LogP contribution is -2.44. The lowest BCUT2D eigenvalue weighted by atomic mass is 9.88. The van der Waals surface area contributed by atoms with Crippen LogP contribution in [0.25, 0.3) is 0 Å². The van der Waals surface area contributed by atoms with Crippen LogP contribution in [0.1, 0.15) is 43.9 Å². The molecule has 0 saturated carbocycles. The molecule has 0 unspecified atom stereocenters. The Morgan fingerprint density at radius 1 is 1.18 bits per heavy atom. The summed E-state index contributed by atoms with van der Waals surface area (Å²) in [5.41, 5.74) is 2.85. The van der Waals surface area contributed by atoms with Gasteiger partial charge >= 0.3 is 0 Å². The summed E-state index contributed by atoms with van der Waals surface area (Å²) in [7, 11) is -3.67. The third kappa shape index (κ3) is 4.81. The minimum absolute atomic E-state index is 0.0782. The van der Waals surface area contributed by atoms with E-state index in [0.717, 1.165) is 29.7 Å². The van der Waals surface area contributed by atoms with Crippen molar-refractivity contribution in [3.8, 4) is 0 Å². The van der Waals surface area contributed by atoms with Crippen molar-refractivity contribution in [2.75, 3.05) is 30.3 Å². The third-order valence-corrected chi connectivity index (χ3v) is 9.32. The van der Waals surface area contributed by atoms with Crippen molar-refractivity contribution < 1.29 is 18.0 Å². The smallest absolute Gasteiger partial charge is 0.243 e. The first-order valence-corrected chi connectivity index (χ1v) is 13.7. The number of aryl methyl sites for hydroxylation is 1. The normalized spacial score (nSPS) is 18.1. The lowest BCUT2D eigenvalue weighted by molar-refractivity contribution is -0.123. The number of fused-ring (bicyclic) bond motifs is 2. The molecule has 0 aromatic heterocycles. The Hall–Kier alpha value is -2.36. The first-order valence-electron chi connectivity index (χ1n) is 11.3. The first kappa shape index (κ1) is 23.8. The quantitative estimate of drug-likeness (QED) is 0.647. The van der Waals surface area contributed by atoms with Gasteiger partial charge in [0, 0.05) is 18.0 Å². The van der Waals surface area contributed by atoms with E-state index in [-0.39, 0.29) is 35.0 Å². The first-order chi connectivity index (χ1) is 15.8. The van der Waals surface area contributed by atoms with Crippen molar-refractivity contribution in [2.45, 2.75) is 48.9 Å². The third-order valence-electron chi connectivity index (χ3n) is 6.22. The lowest BCUT2D eigenvalue weighted by Gasteiger charge is -2.31. The standard InChI is InChI=1S/C24H29N3O4S2/c1-3-26(4-2)33(30,31)18-12-13-22-21(14-18)27(24(29)16-32-22)15-23(28)25-20-11-7-9-17-8-5-6-10-19(17)20/h5-6,8,10,12-14,20H,3-4,7,9,11,15-16H2,1-2H3,(H,25,28)/t20-/m0/s1. The van der Waals surface area contributed by atoms with Crippen molar-refractivity contribution in [3.63, 3.8) is 0 Å². The van der Waals surface area contributed by atoms with Gasteiger partial charge in [0.05, 0.1) is 22.4 Å². The van der Waals surface area contributed by atoms with E-state index in [0.29, 0.717) is 18.8 Å². The highest BCUT2D eigenvalue weighted by molar-refractivity contribution is 8.00. The average molecular weight is 488 g/mol. The number of nitrogens with zero attached hydrogens (tertiary/aromatic N) is 2. The van der Waals surface area contributed by atoms with Crippen LogP contribution in [0.15, 0.2) is 52.3 Å². The summed E-state index contributed by atoms with van der Waals surface area (Å²) in [6.45, 7) is 4.16. The summed E-state index contributed by atoms with van der Waals surface area (Å²) < 4.78 is 27.4. The van der Waals surface area contributed by atoms with Crippen LogP contribution in [0.5, 0.6) is 0 Å². The molecule has 1 heterocycles. The van der Waals surface area contributed by atoms with Gasteiger partial charge in [-0.05, 0) is 48.6 Å². The predicted molar refractivity (Wildman–Crippen MR) is 130 cm³/mol. The summed E-state index contributed by atoms with van der Waals surface area (Å²) in [5.74, 6) is -0.238. The summed E-state index contributed by atoms with van der Waals surface area (Å²) in [6.07, 6.45) is 2.85. The number of sulfonamides is 1. The number of carbonyl (C=O) groups is 2. The van der Waals surface area contributed by atoms with E-state index in [9.17, 15) is 18.0 Å². The Morgan fingerprint density at radius 2 is 1.94 bits per heavy atom. The van der Waals surface area contributed by atoms with E-state index in [1.165, 1.54) is 32.6 Å². The molecule has 33 heavy (non-hydrogen) atoms. The Labute approximate surface area is 199 Å². The van der Waals surface area contributed by atoms with E-state index in [4.69, 9.17) is 0 Å². The van der Waals surface area contributed by atoms with Crippen LogP contribution >= 0.6 is 11.8 Å². The zero-order valence-corrected chi connectivity index (χ0v) is 20.5. The van der Waals surface area contributed by atoms with Crippen molar-refractivity contribution in [3.05, 3.63) is 53.6 Å². The Bertz CT molecular complexity index is 1160. The minimum Gasteiger partial charge on any atom is -0.348 e. The molecule has 2 aliphatic rings. The molecule has 0 fully saturated rings. The van der Waals surface area contributed by atoms with E-state index in [2.05, 4.69) is 11.4 Å². The second-order valence-corrected chi connectivity index (χ2v) is 11.2. The molecule has 2 aromatic carbocycles. The van der Waals surface area contributed by atoms with Gasteiger partial charge in [-0.2, -0.15) is 4.31 Å². The molecule has 1 N–H and O–H groups in total. The number of rotatable bonds is 7. The van der Waals surface area contributed by atoms with E-state index in [1.807, 2.05) is 18.2 Å². The maximum Gasteiger partial charge on any atom is 0.243 e. The highest BCUT2D eigenvalue weighted by Gasteiger charge is 2.31. The molecule has 7 nitrogen and oxygen atoms in total. The van der Waals surface area contributed by atoms with E-state index in [1.54, 1.807) is 26.0 Å². The largest absolute Gasteiger partial charge is 0.348 e. The molecule has 0 radical (unpaired) electrons. The number of thioether (sulfide) groups is 1. The molecule has 0 spiro atoms. The number of nitrogens with one attached hydrogen (secondary N) is 1. The Morgan fingerprint density at radius 3 is 2.70 bits per heavy atom. The van der Waals surface area contributed by atoms with Gasteiger partial charge in [-0.25, -0.2) is 8.42 Å². The molecule has 9 heteroatoms. The maximum atomic E-state index is 13.0. The molecule has 0 bridgehead atoms. The van der Waals surface area contributed by atoms with Crippen molar-refractivity contribution >= 4 is 39.3 Å². The molecule has 4 rings (SSSR count). The zero-order chi connectivity index (χ0) is 23.6. The number of amides is 2. The monoisotopic (exact) mass is 487 g/mol. The van der Waals surface area contributed by atoms with Gasteiger partial charge in [0.1, 0.15) is 6.54 Å². The molecule has 2 amide bonds. The van der Waals surface area contributed by atoms with Crippen LogP contribution in [0.2, 0.25) is 0 Å². The fraction of sp³-hybridized carbons (Fsp3) is 0.417. The van der Waals surface area contributed by atoms with Gasteiger partial charge in [0.2, 0.25) is 21.8 Å². The molecular formula is C24H29N3O4S2.